The van der Waals surface area contributed by atoms with Crippen molar-refractivity contribution in [1.29, 1.82) is 0 Å². The molecule has 0 saturated carbocycles. The van der Waals surface area contributed by atoms with E-state index in [4.69, 9.17) is 32.7 Å². The molecular weight excluding hydrogens is 247 g/mol. The molecule has 14 heavy (non-hydrogen) atoms. The predicted octanol–water partition coefficient (Wildman–Crippen LogP) is 3.39. The van der Waals surface area contributed by atoms with Crippen molar-refractivity contribution >= 4 is 40.9 Å². The van der Waals surface area contributed by atoms with Gasteiger partial charge in [-0.2, -0.15) is 0 Å². The Bertz CT molecular complexity index is 359. The number of rotatable bonds is 4. The fourth-order valence-corrected chi connectivity index (χ4v) is 1.69. The molecule has 0 atom stereocenters. The molecule has 0 spiro atoms. The van der Waals surface area contributed by atoms with Crippen molar-refractivity contribution in [1.82, 2.24) is 0 Å². The van der Waals surface area contributed by atoms with E-state index in [0.717, 1.165) is 0 Å². The highest BCUT2D eigenvalue weighted by molar-refractivity contribution is 7.99. The van der Waals surface area contributed by atoms with E-state index < -0.39 is 5.97 Å². The number of hydrogen-bond donors (Lipinski definition) is 1. The number of thioether (sulfide) groups is 1. The van der Waals surface area contributed by atoms with Gasteiger partial charge in [-0.15, -0.1) is 0 Å². The first-order valence-electron chi connectivity index (χ1n) is 3.54. The second-order valence-electron chi connectivity index (χ2n) is 2.27. The van der Waals surface area contributed by atoms with Crippen LogP contribution in [0.4, 0.5) is 0 Å². The molecule has 0 aliphatic heterocycles. The average molecular weight is 253 g/mol. The van der Waals surface area contributed by atoms with Crippen molar-refractivity contribution in [2.24, 2.45) is 0 Å². The molecule has 0 aliphatic rings. The second-order valence-corrected chi connectivity index (χ2v) is 3.95. The van der Waals surface area contributed by atoms with Crippen molar-refractivity contribution in [3.05, 3.63) is 28.5 Å². The molecule has 1 heterocycles. The number of hydrogen-bond acceptors (Lipinski definition) is 3. The topological polar surface area (TPSA) is 50.4 Å². The van der Waals surface area contributed by atoms with E-state index in [1.165, 1.54) is 23.4 Å². The zero-order valence-electron chi connectivity index (χ0n) is 6.87. The van der Waals surface area contributed by atoms with Gasteiger partial charge >= 0.3 is 5.97 Å². The van der Waals surface area contributed by atoms with Crippen LogP contribution in [0.25, 0.3) is 0 Å². The van der Waals surface area contributed by atoms with E-state index in [1.54, 1.807) is 6.07 Å². The Hall–Kier alpha value is -0.580. The molecule has 1 rings (SSSR count). The third kappa shape index (κ3) is 3.29. The Kier molecular flexibility index (Phi) is 4.38. The molecule has 0 radical (unpaired) electrons. The van der Waals surface area contributed by atoms with Crippen LogP contribution in [0.5, 0.6) is 0 Å². The summed E-state index contributed by atoms with van der Waals surface area (Å²) in [5, 5.41) is 9.54. The van der Waals surface area contributed by atoms with E-state index >= 15 is 0 Å². The summed E-state index contributed by atoms with van der Waals surface area (Å²) in [6.45, 7) is 0. The Morgan fingerprint density at radius 1 is 1.64 bits per heavy atom. The van der Waals surface area contributed by atoms with Gasteiger partial charge in [0.25, 0.3) is 0 Å². The maximum Gasteiger partial charge on any atom is 0.371 e. The first kappa shape index (κ1) is 11.5. The van der Waals surface area contributed by atoms with Gasteiger partial charge in [-0.3, -0.25) is 0 Å². The summed E-state index contributed by atoms with van der Waals surface area (Å²) in [4.78, 5) is 10.4. The molecule has 1 N–H and O–H groups in total. The van der Waals surface area contributed by atoms with Crippen LogP contribution in [-0.4, -0.2) is 16.8 Å². The summed E-state index contributed by atoms with van der Waals surface area (Å²) < 4.78 is 4.97. The summed E-state index contributed by atoms with van der Waals surface area (Å²) in [6, 6.07) is 2.97. The van der Waals surface area contributed by atoms with Crippen molar-refractivity contribution in [3.63, 3.8) is 0 Å². The zero-order valence-corrected chi connectivity index (χ0v) is 9.20. The van der Waals surface area contributed by atoms with E-state index in [1.807, 2.05) is 0 Å². The highest BCUT2D eigenvalue weighted by Crippen LogP contribution is 2.24. The Morgan fingerprint density at radius 2 is 2.36 bits per heavy atom. The number of carbonyl (C=O) groups is 1. The molecule has 0 aromatic carbocycles. The fraction of sp³-hybridized carbons (Fsp3) is 0.125. The smallest absolute Gasteiger partial charge is 0.371 e. The molecule has 0 unspecified atom stereocenters. The summed E-state index contributed by atoms with van der Waals surface area (Å²) in [7, 11) is 0. The normalized spacial score (nSPS) is 11.7. The minimum Gasteiger partial charge on any atom is -0.475 e. The number of furan rings is 1. The minimum atomic E-state index is -1.09. The number of carboxylic acids is 1. The predicted molar refractivity (Wildman–Crippen MR) is 56.2 cm³/mol. The first-order valence-corrected chi connectivity index (χ1v) is 5.34. The van der Waals surface area contributed by atoms with Crippen LogP contribution in [0.15, 0.2) is 32.2 Å². The van der Waals surface area contributed by atoms with E-state index in [9.17, 15) is 4.79 Å². The monoisotopic (exact) mass is 252 g/mol. The van der Waals surface area contributed by atoms with Crippen molar-refractivity contribution < 1.29 is 14.3 Å². The summed E-state index contributed by atoms with van der Waals surface area (Å²) >= 11 is 12.3. The van der Waals surface area contributed by atoms with Crippen LogP contribution < -0.4 is 0 Å². The number of aromatic carboxylic acids is 1. The average Bonchev–Trinajstić information content (AvgIpc) is 2.62. The maximum absolute atomic E-state index is 10.4. The van der Waals surface area contributed by atoms with Gasteiger partial charge in [0.2, 0.25) is 5.76 Å². The lowest BCUT2D eigenvalue weighted by molar-refractivity contribution is 0.0656. The van der Waals surface area contributed by atoms with Gasteiger partial charge in [0.15, 0.2) is 5.09 Å². The molecule has 0 saturated heterocycles. The van der Waals surface area contributed by atoms with Gasteiger partial charge in [-0.05, 0) is 12.1 Å². The molecule has 76 valence electrons. The standard InChI is InChI=1S/C8H6Cl2O3S/c9-3-5(10)4-14-7-2-1-6(13-7)8(11)12/h1-3H,4H2,(H,11,12). The number of halogens is 2. The molecular formula is C8H6Cl2O3S. The van der Waals surface area contributed by atoms with Gasteiger partial charge in [0, 0.05) is 16.3 Å². The largest absolute Gasteiger partial charge is 0.475 e. The summed E-state index contributed by atoms with van der Waals surface area (Å²) in [5.74, 6) is -0.716. The molecule has 3 nitrogen and oxygen atoms in total. The van der Waals surface area contributed by atoms with E-state index in [-0.39, 0.29) is 5.76 Å². The molecule has 0 bridgehead atoms. The van der Waals surface area contributed by atoms with Gasteiger partial charge in [-0.25, -0.2) is 4.79 Å². The quantitative estimate of drug-likeness (QED) is 0.835. The Balaban J connectivity index is 2.56. The van der Waals surface area contributed by atoms with Gasteiger partial charge < -0.3 is 9.52 Å². The lowest BCUT2D eigenvalue weighted by Crippen LogP contribution is -1.91. The summed E-state index contributed by atoms with van der Waals surface area (Å²) in [5.41, 5.74) is 1.26. The van der Waals surface area contributed by atoms with Gasteiger partial charge in [0.1, 0.15) is 0 Å². The SMILES string of the molecule is O=C(O)c1ccc(SCC(Cl)=CCl)o1. The highest BCUT2D eigenvalue weighted by atomic mass is 35.5. The van der Waals surface area contributed by atoms with Gasteiger partial charge in [0.05, 0.1) is 0 Å². The molecule has 0 fully saturated rings. The lowest BCUT2D eigenvalue weighted by Gasteiger charge is -1.94. The van der Waals surface area contributed by atoms with Crippen molar-refractivity contribution in [3.8, 4) is 0 Å². The van der Waals surface area contributed by atoms with Crippen LogP contribution in [-0.2, 0) is 0 Å². The minimum absolute atomic E-state index is 0.0847. The molecule has 6 heteroatoms. The van der Waals surface area contributed by atoms with Crippen LogP contribution in [0, 0.1) is 0 Å². The molecule has 0 amide bonds. The second kappa shape index (κ2) is 5.34. The van der Waals surface area contributed by atoms with Crippen LogP contribution in [0.3, 0.4) is 0 Å². The third-order valence-electron chi connectivity index (χ3n) is 1.26. The Morgan fingerprint density at radius 3 is 2.86 bits per heavy atom. The van der Waals surface area contributed by atoms with Crippen LogP contribution >= 0.6 is 35.0 Å². The van der Waals surface area contributed by atoms with Crippen molar-refractivity contribution in [2.75, 3.05) is 5.75 Å². The maximum atomic E-state index is 10.4. The molecule has 1 aromatic rings. The summed E-state index contributed by atoms with van der Waals surface area (Å²) in [6.07, 6.45) is 0. The number of carboxylic acid groups (broad SMARTS) is 1. The van der Waals surface area contributed by atoms with E-state index in [0.29, 0.717) is 15.9 Å². The van der Waals surface area contributed by atoms with Crippen LogP contribution in [0.1, 0.15) is 10.6 Å². The Labute approximate surface area is 94.7 Å². The van der Waals surface area contributed by atoms with Crippen LogP contribution in [0.2, 0.25) is 0 Å². The third-order valence-corrected chi connectivity index (χ3v) is 3.00. The lowest BCUT2D eigenvalue weighted by atomic mass is 10.5. The zero-order chi connectivity index (χ0) is 10.6. The molecule has 0 aliphatic carbocycles. The fourth-order valence-electron chi connectivity index (χ4n) is 0.684. The highest BCUT2D eigenvalue weighted by Gasteiger charge is 2.09. The van der Waals surface area contributed by atoms with Crippen molar-refractivity contribution in [2.45, 2.75) is 5.09 Å². The molecule has 1 aromatic heterocycles. The van der Waals surface area contributed by atoms with Gasteiger partial charge in [-0.1, -0.05) is 35.0 Å². The first-order chi connectivity index (χ1) is 6.63. The van der Waals surface area contributed by atoms with E-state index in [2.05, 4.69) is 0 Å².